The molecule has 0 spiro atoms. The lowest BCUT2D eigenvalue weighted by Crippen LogP contribution is -2.44. The second-order valence-electron chi connectivity index (χ2n) is 5.27. The van der Waals surface area contributed by atoms with Crippen molar-refractivity contribution in [2.75, 3.05) is 36.5 Å². The molecule has 0 aliphatic carbocycles. The number of fused-ring (bicyclic) bond motifs is 3. The third-order valence-electron chi connectivity index (χ3n) is 4.41. The van der Waals surface area contributed by atoms with Crippen molar-refractivity contribution in [3.05, 3.63) is 23.8 Å². The summed E-state index contributed by atoms with van der Waals surface area (Å²) in [6.07, 6.45) is 3.39. The van der Waals surface area contributed by atoms with E-state index < -0.39 is 0 Å². The molecule has 0 unspecified atom stereocenters. The minimum absolute atomic E-state index is 0. The van der Waals surface area contributed by atoms with Crippen molar-refractivity contribution in [3.63, 3.8) is 0 Å². The van der Waals surface area contributed by atoms with Gasteiger partial charge in [-0.15, -0.1) is 24.8 Å². The molecule has 3 nitrogen and oxygen atoms in total. The first kappa shape index (κ1) is 14.5. The van der Waals surface area contributed by atoms with Crippen molar-refractivity contribution >= 4 is 42.4 Å². The molecule has 0 N–H and O–H groups in total. The summed E-state index contributed by atoms with van der Waals surface area (Å²) in [5, 5.41) is 0. The van der Waals surface area contributed by atoms with E-state index in [1.165, 1.54) is 23.4 Å². The topological polar surface area (TPSA) is 18.8 Å². The Morgan fingerprint density at radius 2 is 2.05 bits per heavy atom. The van der Waals surface area contributed by atoms with Crippen LogP contribution in [0.2, 0.25) is 0 Å². The monoisotopic (exact) mass is 299 g/mol. The van der Waals surface area contributed by atoms with Crippen LogP contribution >= 0.6 is 24.8 Å². The average molecular weight is 300 g/mol. The van der Waals surface area contributed by atoms with Crippen LogP contribution in [0.4, 0.5) is 11.4 Å². The molecule has 0 fully saturated rings. The molecular formula is C14H19Cl2N3. The zero-order chi connectivity index (χ0) is 11.4. The van der Waals surface area contributed by atoms with Crippen LogP contribution in [0.5, 0.6) is 0 Å². The summed E-state index contributed by atoms with van der Waals surface area (Å²) >= 11 is 0. The Labute approximate surface area is 126 Å². The summed E-state index contributed by atoms with van der Waals surface area (Å²) in [7, 11) is 2.20. The van der Waals surface area contributed by atoms with Gasteiger partial charge in [0.1, 0.15) is 0 Å². The first-order valence-corrected chi connectivity index (χ1v) is 6.47. The van der Waals surface area contributed by atoms with Crippen LogP contribution < -0.4 is 9.80 Å². The van der Waals surface area contributed by atoms with Gasteiger partial charge in [0.15, 0.2) is 0 Å². The Balaban J connectivity index is 0.000000667. The van der Waals surface area contributed by atoms with Gasteiger partial charge in [0, 0.05) is 44.9 Å². The molecule has 3 heterocycles. The molecule has 0 saturated heterocycles. The summed E-state index contributed by atoms with van der Waals surface area (Å²) in [6, 6.07) is 7.39. The number of aliphatic imine (C=N–C) groups is 1. The highest BCUT2D eigenvalue weighted by atomic mass is 35.5. The highest BCUT2D eigenvalue weighted by molar-refractivity contribution is 5.87. The molecule has 3 aliphatic rings. The van der Waals surface area contributed by atoms with Crippen LogP contribution in [0.3, 0.4) is 0 Å². The molecule has 0 amide bonds. The normalized spacial score (nSPS) is 26.2. The summed E-state index contributed by atoms with van der Waals surface area (Å²) in [5.41, 5.74) is 4.36. The van der Waals surface area contributed by atoms with E-state index in [1.54, 1.807) is 0 Å². The Bertz CT molecular complexity index is 503. The molecule has 0 bridgehead atoms. The summed E-state index contributed by atoms with van der Waals surface area (Å²) in [5.74, 6) is 0.533. The van der Waals surface area contributed by atoms with Crippen LogP contribution in [-0.4, -0.2) is 38.9 Å². The fourth-order valence-corrected chi connectivity index (χ4v) is 3.57. The Morgan fingerprint density at radius 3 is 2.89 bits per heavy atom. The van der Waals surface area contributed by atoms with Gasteiger partial charge < -0.3 is 9.80 Å². The molecule has 1 aromatic rings. The van der Waals surface area contributed by atoms with Crippen molar-refractivity contribution in [2.45, 2.75) is 18.4 Å². The lowest BCUT2D eigenvalue weighted by molar-refractivity contribution is 0.543. The van der Waals surface area contributed by atoms with E-state index in [-0.39, 0.29) is 24.8 Å². The van der Waals surface area contributed by atoms with Crippen molar-refractivity contribution in [1.29, 1.82) is 0 Å². The van der Waals surface area contributed by atoms with Crippen molar-refractivity contribution in [3.8, 4) is 0 Å². The van der Waals surface area contributed by atoms with E-state index in [0.29, 0.717) is 12.0 Å². The lowest BCUT2D eigenvalue weighted by Gasteiger charge is -2.38. The minimum atomic E-state index is 0. The van der Waals surface area contributed by atoms with Gasteiger partial charge >= 0.3 is 0 Å². The van der Waals surface area contributed by atoms with Crippen LogP contribution in [0.25, 0.3) is 0 Å². The van der Waals surface area contributed by atoms with Gasteiger partial charge in [0.05, 0.1) is 11.4 Å². The first-order chi connectivity index (χ1) is 8.36. The van der Waals surface area contributed by atoms with Gasteiger partial charge in [-0.05, 0) is 18.1 Å². The Kier molecular flexibility index (Phi) is 3.98. The van der Waals surface area contributed by atoms with Gasteiger partial charge in [-0.3, -0.25) is 4.99 Å². The molecule has 3 aliphatic heterocycles. The number of hydrogen-bond acceptors (Lipinski definition) is 3. The van der Waals surface area contributed by atoms with Gasteiger partial charge in [0.2, 0.25) is 0 Å². The maximum atomic E-state index is 4.49. The zero-order valence-corrected chi connectivity index (χ0v) is 12.6. The smallest absolute Gasteiger partial charge is 0.0647 e. The molecule has 104 valence electrons. The molecule has 1 aromatic carbocycles. The maximum Gasteiger partial charge on any atom is 0.0647 e. The zero-order valence-electron chi connectivity index (χ0n) is 11.0. The predicted octanol–water partition coefficient (Wildman–Crippen LogP) is 2.73. The molecule has 0 radical (unpaired) electrons. The van der Waals surface area contributed by atoms with Crippen LogP contribution in [-0.2, 0) is 0 Å². The molecule has 0 saturated carbocycles. The molecule has 0 aromatic heterocycles. The second kappa shape index (κ2) is 5.22. The standard InChI is InChI=1S/C14H17N3.2ClH/c1-16-7-8-17-12-5-6-15-9-11(12)10-3-2-4-13(16)14(10)17;;/h2-4,9,11-12H,5-8H2,1H3;2*1H/t11-,12+;;/m1../s1. The fourth-order valence-electron chi connectivity index (χ4n) is 3.57. The van der Waals surface area contributed by atoms with Crippen LogP contribution in [0, 0.1) is 0 Å². The second-order valence-corrected chi connectivity index (χ2v) is 5.27. The first-order valence-electron chi connectivity index (χ1n) is 6.47. The largest absolute Gasteiger partial charge is 0.371 e. The third-order valence-corrected chi connectivity index (χ3v) is 4.41. The SMILES string of the molecule is CN1CCN2c3c(cccc31)[C@H]1C=NCC[C@@H]12.Cl.Cl. The number of nitrogens with zero attached hydrogens (tertiary/aromatic N) is 3. The highest BCUT2D eigenvalue weighted by Crippen LogP contribution is 2.48. The third kappa shape index (κ3) is 1.91. The van der Waals surface area contributed by atoms with E-state index >= 15 is 0 Å². The lowest BCUT2D eigenvalue weighted by atomic mass is 9.92. The van der Waals surface area contributed by atoms with Gasteiger partial charge in [-0.1, -0.05) is 12.1 Å². The number of anilines is 2. The van der Waals surface area contributed by atoms with E-state index in [0.717, 1.165) is 19.6 Å². The van der Waals surface area contributed by atoms with Gasteiger partial charge in [0.25, 0.3) is 0 Å². The Morgan fingerprint density at radius 1 is 1.21 bits per heavy atom. The van der Waals surface area contributed by atoms with E-state index in [4.69, 9.17) is 0 Å². The van der Waals surface area contributed by atoms with E-state index in [2.05, 4.69) is 46.3 Å². The fraction of sp³-hybridized carbons (Fsp3) is 0.500. The van der Waals surface area contributed by atoms with Crippen molar-refractivity contribution in [2.24, 2.45) is 4.99 Å². The Hall–Kier alpha value is -0.930. The molecule has 2 atom stereocenters. The number of halogens is 2. The minimum Gasteiger partial charge on any atom is -0.371 e. The van der Waals surface area contributed by atoms with Crippen LogP contribution in [0.1, 0.15) is 17.9 Å². The predicted molar refractivity (Wildman–Crippen MR) is 86.1 cm³/mol. The van der Waals surface area contributed by atoms with Crippen LogP contribution in [0.15, 0.2) is 23.2 Å². The summed E-state index contributed by atoms with van der Waals surface area (Å²) < 4.78 is 0. The van der Waals surface area contributed by atoms with Gasteiger partial charge in [-0.25, -0.2) is 0 Å². The van der Waals surface area contributed by atoms with E-state index in [9.17, 15) is 0 Å². The highest BCUT2D eigenvalue weighted by Gasteiger charge is 2.41. The van der Waals surface area contributed by atoms with Gasteiger partial charge in [-0.2, -0.15) is 0 Å². The maximum absolute atomic E-state index is 4.49. The summed E-state index contributed by atoms with van der Waals surface area (Å²) in [4.78, 5) is 9.50. The average Bonchev–Trinajstić information content (AvgIpc) is 2.70. The molecular weight excluding hydrogens is 281 g/mol. The van der Waals surface area contributed by atoms with Crippen molar-refractivity contribution in [1.82, 2.24) is 0 Å². The number of para-hydroxylation sites is 1. The van der Waals surface area contributed by atoms with Crippen molar-refractivity contribution < 1.29 is 0 Å². The number of benzene rings is 1. The number of rotatable bonds is 0. The quantitative estimate of drug-likeness (QED) is 0.733. The molecule has 19 heavy (non-hydrogen) atoms. The molecule has 5 heteroatoms. The summed E-state index contributed by atoms with van der Waals surface area (Å²) in [6.45, 7) is 3.29. The van der Waals surface area contributed by atoms with E-state index in [1.807, 2.05) is 0 Å². The molecule has 4 rings (SSSR count). The number of likely N-dealkylation sites (N-methyl/N-ethyl adjacent to an activating group) is 1. The number of hydrogen-bond donors (Lipinski definition) is 0.